The standard InChI is InChI=1S/C14H16N2O/c1-11-3-2-4-12(9-11)5-8-16-13(17)14(10-15)6-7-14/h2-4,9H,5-8H2,1H3,(H,16,17). The molecule has 1 fully saturated rings. The quantitative estimate of drug-likeness (QED) is 0.856. The summed E-state index contributed by atoms with van der Waals surface area (Å²) in [6.07, 6.45) is 2.23. The Labute approximate surface area is 101 Å². The molecule has 1 saturated carbocycles. The molecule has 1 aliphatic carbocycles. The van der Waals surface area contributed by atoms with Crippen LogP contribution < -0.4 is 5.32 Å². The molecule has 0 unspecified atom stereocenters. The van der Waals surface area contributed by atoms with Crippen molar-refractivity contribution in [2.45, 2.75) is 26.2 Å². The number of amides is 1. The average molecular weight is 228 g/mol. The van der Waals surface area contributed by atoms with Gasteiger partial charge in [-0.15, -0.1) is 0 Å². The number of carbonyl (C=O) groups excluding carboxylic acids is 1. The third-order valence-electron chi connectivity index (χ3n) is 3.18. The minimum atomic E-state index is -0.702. The van der Waals surface area contributed by atoms with Crippen molar-refractivity contribution in [1.82, 2.24) is 5.32 Å². The first kappa shape index (κ1) is 11.7. The van der Waals surface area contributed by atoms with Crippen molar-refractivity contribution in [3.05, 3.63) is 35.4 Å². The van der Waals surface area contributed by atoms with Crippen LogP contribution in [0.25, 0.3) is 0 Å². The second-order valence-corrected chi connectivity index (χ2v) is 4.69. The predicted octanol–water partition coefficient (Wildman–Crippen LogP) is 1.96. The van der Waals surface area contributed by atoms with Gasteiger partial charge in [0, 0.05) is 6.54 Å². The Balaban J connectivity index is 1.81. The van der Waals surface area contributed by atoms with E-state index in [2.05, 4.69) is 36.5 Å². The van der Waals surface area contributed by atoms with Crippen LogP contribution >= 0.6 is 0 Å². The molecule has 1 aliphatic rings. The molecule has 3 nitrogen and oxygen atoms in total. The molecule has 0 aromatic heterocycles. The molecule has 0 bridgehead atoms. The highest BCUT2D eigenvalue weighted by atomic mass is 16.2. The summed E-state index contributed by atoms with van der Waals surface area (Å²) < 4.78 is 0. The van der Waals surface area contributed by atoms with E-state index in [0.29, 0.717) is 19.4 Å². The highest BCUT2D eigenvalue weighted by Gasteiger charge is 2.50. The van der Waals surface area contributed by atoms with Crippen molar-refractivity contribution >= 4 is 5.91 Å². The molecule has 0 radical (unpaired) electrons. The third kappa shape index (κ3) is 2.65. The monoisotopic (exact) mass is 228 g/mol. The minimum Gasteiger partial charge on any atom is -0.354 e. The maximum Gasteiger partial charge on any atom is 0.240 e. The summed E-state index contributed by atoms with van der Waals surface area (Å²) in [6, 6.07) is 10.3. The maximum absolute atomic E-state index is 11.7. The van der Waals surface area contributed by atoms with Gasteiger partial charge in [0.05, 0.1) is 6.07 Å². The van der Waals surface area contributed by atoms with E-state index in [4.69, 9.17) is 5.26 Å². The van der Waals surface area contributed by atoms with Gasteiger partial charge < -0.3 is 5.32 Å². The first-order valence-corrected chi connectivity index (χ1v) is 5.91. The fourth-order valence-corrected chi connectivity index (χ4v) is 1.87. The Kier molecular flexibility index (Phi) is 3.14. The van der Waals surface area contributed by atoms with Gasteiger partial charge in [-0.3, -0.25) is 4.79 Å². The van der Waals surface area contributed by atoms with Crippen LogP contribution in [0.15, 0.2) is 24.3 Å². The lowest BCUT2D eigenvalue weighted by Crippen LogP contribution is -2.32. The molecular formula is C14H16N2O. The molecular weight excluding hydrogens is 212 g/mol. The Bertz CT molecular complexity index is 469. The number of nitriles is 1. The molecule has 0 heterocycles. The summed E-state index contributed by atoms with van der Waals surface area (Å²) in [5, 5.41) is 11.7. The molecule has 3 heteroatoms. The molecule has 17 heavy (non-hydrogen) atoms. The number of rotatable bonds is 4. The lowest BCUT2D eigenvalue weighted by Gasteiger charge is -2.08. The number of nitrogens with zero attached hydrogens (tertiary/aromatic N) is 1. The summed E-state index contributed by atoms with van der Waals surface area (Å²) in [4.78, 5) is 11.7. The third-order valence-corrected chi connectivity index (χ3v) is 3.18. The highest BCUT2D eigenvalue weighted by Crippen LogP contribution is 2.44. The minimum absolute atomic E-state index is 0.104. The molecule has 2 rings (SSSR count). The molecule has 0 atom stereocenters. The van der Waals surface area contributed by atoms with E-state index in [-0.39, 0.29) is 5.91 Å². The number of aryl methyl sites for hydroxylation is 1. The van der Waals surface area contributed by atoms with Crippen LogP contribution in [0.2, 0.25) is 0 Å². The highest BCUT2D eigenvalue weighted by molar-refractivity contribution is 5.88. The van der Waals surface area contributed by atoms with Crippen molar-refractivity contribution in [2.75, 3.05) is 6.54 Å². The molecule has 1 aromatic rings. The number of hydrogen-bond acceptors (Lipinski definition) is 2. The van der Waals surface area contributed by atoms with Crippen LogP contribution in [0, 0.1) is 23.7 Å². The number of nitrogens with one attached hydrogen (secondary N) is 1. The van der Waals surface area contributed by atoms with Gasteiger partial charge >= 0.3 is 0 Å². The molecule has 88 valence electrons. The van der Waals surface area contributed by atoms with Crippen LogP contribution in [-0.2, 0) is 11.2 Å². The Morgan fingerprint density at radius 3 is 2.88 bits per heavy atom. The average Bonchev–Trinajstić information content (AvgIpc) is 3.10. The van der Waals surface area contributed by atoms with E-state index in [1.54, 1.807) is 0 Å². The van der Waals surface area contributed by atoms with E-state index in [1.165, 1.54) is 11.1 Å². The Hall–Kier alpha value is -1.82. The lowest BCUT2D eigenvalue weighted by molar-refractivity contribution is -0.124. The molecule has 1 N–H and O–H groups in total. The van der Waals surface area contributed by atoms with Gasteiger partial charge in [-0.2, -0.15) is 5.26 Å². The number of benzene rings is 1. The first-order chi connectivity index (χ1) is 8.16. The van der Waals surface area contributed by atoms with Gasteiger partial charge in [-0.1, -0.05) is 29.8 Å². The van der Waals surface area contributed by atoms with Gasteiger partial charge in [-0.05, 0) is 31.7 Å². The van der Waals surface area contributed by atoms with E-state index in [9.17, 15) is 4.79 Å². The molecule has 0 aliphatic heterocycles. The van der Waals surface area contributed by atoms with E-state index >= 15 is 0 Å². The summed E-state index contributed by atoms with van der Waals surface area (Å²) in [6.45, 7) is 2.66. The van der Waals surface area contributed by atoms with Crippen molar-refractivity contribution in [3.8, 4) is 6.07 Å². The van der Waals surface area contributed by atoms with Crippen molar-refractivity contribution in [3.63, 3.8) is 0 Å². The molecule has 1 aromatic carbocycles. The number of hydrogen-bond donors (Lipinski definition) is 1. The largest absolute Gasteiger partial charge is 0.354 e. The van der Waals surface area contributed by atoms with E-state index < -0.39 is 5.41 Å². The van der Waals surface area contributed by atoms with Gasteiger partial charge in [0.1, 0.15) is 5.41 Å². The zero-order valence-electron chi connectivity index (χ0n) is 9.99. The summed E-state index contributed by atoms with van der Waals surface area (Å²) in [7, 11) is 0. The zero-order chi connectivity index (χ0) is 12.3. The topological polar surface area (TPSA) is 52.9 Å². The summed E-state index contributed by atoms with van der Waals surface area (Å²) in [5.74, 6) is -0.104. The van der Waals surface area contributed by atoms with Gasteiger partial charge in [0.25, 0.3) is 0 Å². The number of carbonyl (C=O) groups is 1. The van der Waals surface area contributed by atoms with Gasteiger partial charge in [-0.25, -0.2) is 0 Å². The van der Waals surface area contributed by atoms with Crippen LogP contribution in [0.4, 0.5) is 0 Å². The van der Waals surface area contributed by atoms with Gasteiger partial charge in [0.15, 0.2) is 0 Å². The van der Waals surface area contributed by atoms with Crippen molar-refractivity contribution < 1.29 is 4.79 Å². The molecule has 0 spiro atoms. The van der Waals surface area contributed by atoms with E-state index in [1.807, 2.05) is 6.07 Å². The van der Waals surface area contributed by atoms with Crippen LogP contribution in [0.1, 0.15) is 24.0 Å². The van der Waals surface area contributed by atoms with Gasteiger partial charge in [0.2, 0.25) is 5.91 Å². The smallest absolute Gasteiger partial charge is 0.240 e. The van der Waals surface area contributed by atoms with Crippen LogP contribution in [-0.4, -0.2) is 12.5 Å². The molecule has 1 amide bonds. The summed E-state index contributed by atoms with van der Waals surface area (Å²) >= 11 is 0. The summed E-state index contributed by atoms with van der Waals surface area (Å²) in [5.41, 5.74) is 1.74. The van der Waals surface area contributed by atoms with Crippen molar-refractivity contribution in [2.24, 2.45) is 5.41 Å². The van der Waals surface area contributed by atoms with Crippen LogP contribution in [0.3, 0.4) is 0 Å². The first-order valence-electron chi connectivity index (χ1n) is 5.91. The lowest BCUT2D eigenvalue weighted by atomic mass is 10.1. The van der Waals surface area contributed by atoms with E-state index in [0.717, 1.165) is 6.42 Å². The SMILES string of the molecule is Cc1cccc(CCNC(=O)C2(C#N)CC2)c1. The normalized spacial score (nSPS) is 16.0. The maximum atomic E-state index is 11.7. The second-order valence-electron chi connectivity index (χ2n) is 4.69. The Morgan fingerprint density at radius 1 is 1.53 bits per heavy atom. The predicted molar refractivity (Wildman–Crippen MR) is 65.2 cm³/mol. The second kappa shape index (κ2) is 4.58. The van der Waals surface area contributed by atoms with Crippen molar-refractivity contribution in [1.29, 1.82) is 5.26 Å². The molecule has 0 saturated heterocycles. The van der Waals surface area contributed by atoms with Crippen LogP contribution in [0.5, 0.6) is 0 Å². The zero-order valence-corrected chi connectivity index (χ0v) is 9.99. The Morgan fingerprint density at radius 2 is 2.29 bits per heavy atom. The fraction of sp³-hybridized carbons (Fsp3) is 0.429. The fourth-order valence-electron chi connectivity index (χ4n) is 1.87.